The van der Waals surface area contributed by atoms with Crippen molar-refractivity contribution in [2.45, 2.75) is 33.1 Å². The molecule has 1 unspecified atom stereocenters. The molecule has 116 valence electrons. The van der Waals surface area contributed by atoms with Crippen LogP contribution in [0.25, 0.3) is 0 Å². The summed E-state index contributed by atoms with van der Waals surface area (Å²) in [5.74, 6) is 0.471. The summed E-state index contributed by atoms with van der Waals surface area (Å²) in [5, 5.41) is 3.04. The molecule has 0 saturated carbocycles. The molecule has 1 heterocycles. The Bertz CT molecular complexity index is 481. The number of aryl methyl sites for hydroxylation is 1. The lowest BCUT2D eigenvalue weighted by molar-refractivity contribution is 0.0942. The van der Waals surface area contributed by atoms with Gasteiger partial charge in [-0.05, 0) is 62.5 Å². The Morgan fingerprint density at radius 1 is 1.33 bits per heavy atom. The predicted molar refractivity (Wildman–Crippen MR) is 87.4 cm³/mol. The molecule has 1 aromatic rings. The summed E-state index contributed by atoms with van der Waals surface area (Å²) in [4.78, 5) is 14.7. The van der Waals surface area contributed by atoms with E-state index in [1.807, 2.05) is 13.0 Å². The number of benzene rings is 1. The minimum atomic E-state index is -0.00186. The molecule has 0 bridgehead atoms. The second kappa shape index (κ2) is 7.46. The fraction of sp³-hybridized carbons (Fsp3) is 0.588. The number of carbonyl (C=O) groups excluding carboxylic acids is 1. The normalized spacial score (nSPS) is 17.4. The molecule has 0 spiro atoms. The largest absolute Gasteiger partial charge is 0.399 e. The van der Waals surface area contributed by atoms with E-state index in [2.05, 4.69) is 17.1 Å². The van der Waals surface area contributed by atoms with E-state index in [1.165, 1.54) is 32.4 Å². The highest BCUT2D eigenvalue weighted by Crippen LogP contribution is 2.13. The summed E-state index contributed by atoms with van der Waals surface area (Å²) in [7, 11) is 0. The van der Waals surface area contributed by atoms with Crippen LogP contribution in [0.1, 0.15) is 42.1 Å². The molecular formula is C17H27N3O. The van der Waals surface area contributed by atoms with Crippen molar-refractivity contribution in [1.82, 2.24) is 10.2 Å². The van der Waals surface area contributed by atoms with Crippen LogP contribution in [0.4, 0.5) is 5.69 Å². The van der Waals surface area contributed by atoms with E-state index in [1.54, 1.807) is 12.1 Å². The van der Waals surface area contributed by atoms with Crippen LogP contribution in [0, 0.1) is 12.8 Å². The quantitative estimate of drug-likeness (QED) is 0.819. The van der Waals surface area contributed by atoms with Gasteiger partial charge in [-0.15, -0.1) is 0 Å². The van der Waals surface area contributed by atoms with Crippen molar-refractivity contribution in [3.63, 3.8) is 0 Å². The van der Waals surface area contributed by atoms with Gasteiger partial charge in [0.15, 0.2) is 0 Å². The SMILES string of the molecule is Cc1cc(N)ccc1C(=O)NCC(C)CN1CCCCC1. The van der Waals surface area contributed by atoms with E-state index in [4.69, 9.17) is 5.73 Å². The average Bonchev–Trinajstić information content (AvgIpc) is 2.46. The third-order valence-electron chi connectivity index (χ3n) is 4.12. The number of piperidine rings is 1. The van der Waals surface area contributed by atoms with Gasteiger partial charge in [-0.25, -0.2) is 0 Å². The minimum Gasteiger partial charge on any atom is -0.399 e. The van der Waals surface area contributed by atoms with Crippen molar-refractivity contribution < 1.29 is 4.79 Å². The van der Waals surface area contributed by atoms with Gasteiger partial charge in [0.05, 0.1) is 0 Å². The summed E-state index contributed by atoms with van der Waals surface area (Å²) < 4.78 is 0. The van der Waals surface area contributed by atoms with Gasteiger partial charge in [0.25, 0.3) is 5.91 Å². The molecule has 0 aromatic heterocycles. The Labute approximate surface area is 127 Å². The monoisotopic (exact) mass is 289 g/mol. The molecule has 1 aliphatic heterocycles. The van der Waals surface area contributed by atoms with Crippen molar-refractivity contribution >= 4 is 11.6 Å². The highest BCUT2D eigenvalue weighted by atomic mass is 16.1. The maximum absolute atomic E-state index is 12.2. The van der Waals surface area contributed by atoms with Gasteiger partial charge in [-0.3, -0.25) is 4.79 Å². The summed E-state index contributed by atoms with van der Waals surface area (Å²) in [5.41, 5.74) is 8.06. The standard InChI is InChI=1S/C17H27N3O/c1-13(12-20-8-4-3-5-9-20)11-19-17(21)16-7-6-15(18)10-14(16)2/h6-7,10,13H,3-5,8-9,11-12,18H2,1-2H3,(H,19,21). The molecule has 0 aliphatic carbocycles. The topological polar surface area (TPSA) is 58.4 Å². The molecule has 0 radical (unpaired) electrons. The number of nitrogens with one attached hydrogen (secondary N) is 1. The average molecular weight is 289 g/mol. The number of carbonyl (C=O) groups is 1. The van der Waals surface area contributed by atoms with E-state index >= 15 is 0 Å². The number of hydrogen-bond acceptors (Lipinski definition) is 3. The van der Waals surface area contributed by atoms with E-state index in [9.17, 15) is 4.79 Å². The molecule has 4 nitrogen and oxygen atoms in total. The van der Waals surface area contributed by atoms with Crippen molar-refractivity contribution in [3.8, 4) is 0 Å². The van der Waals surface area contributed by atoms with Crippen LogP contribution in [-0.2, 0) is 0 Å². The van der Waals surface area contributed by atoms with Gasteiger partial charge in [-0.1, -0.05) is 13.3 Å². The maximum atomic E-state index is 12.2. The van der Waals surface area contributed by atoms with Crippen LogP contribution in [0.2, 0.25) is 0 Å². The van der Waals surface area contributed by atoms with Gasteiger partial charge >= 0.3 is 0 Å². The Kier molecular flexibility index (Phi) is 5.62. The number of rotatable bonds is 5. The van der Waals surface area contributed by atoms with Crippen molar-refractivity contribution in [2.24, 2.45) is 5.92 Å². The third kappa shape index (κ3) is 4.74. The number of nitrogens with zero attached hydrogens (tertiary/aromatic N) is 1. The van der Waals surface area contributed by atoms with E-state index in [-0.39, 0.29) is 5.91 Å². The number of anilines is 1. The molecule has 1 amide bonds. The molecule has 1 aromatic carbocycles. The first-order chi connectivity index (χ1) is 10.1. The van der Waals surface area contributed by atoms with E-state index in [0.717, 1.165) is 24.2 Å². The fourth-order valence-corrected chi connectivity index (χ4v) is 2.95. The van der Waals surface area contributed by atoms with Crippen LogP contribution < -0.4 is 11.1 Å². The van der Waals surface area contributed by atoms with Crippen LogP contribution in [0.5, 0.6) is 0 Å². The van der Waals surface area contributed by atoms with Crippen molar-refractivity contribution in [2.75, 3.05) is 31.9 Å². The summed E-state index contributed by atoms with van der Waals surface area (Å²) in [6.45, 7) is 8.32. The molecule has 3 N–H and O–H groups in total. The lowest BCUT2D eigenvalue weighted by Crippen LogP contribution is -2.38. The smallest absolute Gasteiger partial charge is 0.251 e. The summed E-state index contributed by atoms with van der Waals surface area (Å²) in [6, 6.07) is 5.42. The van der Waals surface area contributed by atoms with E-state index in [0.29, 0.717) is 11.6 Å². The zero-order chi connectivity index (χ0) is 15.2. The first kappa shape index (κ1) is 15.8. The predicted octanol–water partition coefficient (Wildman–Crippen LogP) is 2.43. The van der Waals surface area contributed by atoms with Crippen LogP contribution in [0.3, 0.4) is 0 Å². The molecule has 4 heteroatoms. The van der Waals surface area contributed by atoms with Gasteiger partial charge < -0.3 is 16.0 Å². The lowest BCUT2D eigenvalue weighted by Gasteiger charge is -2.29. The Morgan fingerprint density at radius 3 is 2.71 bits per heavy atom. The summed E-state index contributed by atoms with van der Waals surface area (Å²) >= 11 is 0. The lowest BCUT2D eigenvalue weighted by atomic mass is 10.1. The first-order valence-corrected chi connectivity index (χ1v) is 7.93. The molecule has 1 aliphatic rings. The number of amides is 1. The van der Waals surface area contributed by atoms with Gasteiger partial charge in [0, 0.05) is 24.3 Å². The molecular weight excluding hydrogens is 262 g/mol. The number of hydrogen-bond donors (Lipinski definition) is 2. The fourth-order valence-electron chi connectivity index (χ4n) is 2.95. The number of likely N-dealkylation sites (tertiary alicyclic amines) is 1. The summed E-state index contributed by atoms with van der Waals surface area (Å²) in [6.07, 6.45) is 3.98. The maximum Gasteiger partial charge on any atom is 0.251 e. The van der Waals surface area contributed by atoms with Crippen molar-refractivity contribution in [1.29, 1.82) is 0 Å². The van der Waals surface area contributed by atoms with Crippen molar-refractivity contribution in [3.05, 3.63) is 29.3 Å². The highest BCUT2D eigenvalue weighted by molar-refractivity contribution is 5.95. The second-order valence-electron chi connectivity index (χ2n) is 6.25. The van der Waals surface area contributed by atoms with Crippen LogP contribution in [0.15, 0.2) is 18.2 Å². The van der Waals surface area contributed by atoms with Gasteiger partial charge in [-0.2, -0.15) is 0 Å². The van der Waals surface area contributed by atoms with Crippen LogP contribution >= 0.6 is 0 Å². The zero-order valence-corrected chi connectivity index (χ0v) is 13.2. The minimum absolute atomic E-state index is 0.00186. The number of nitrogen functional groups attached to an aromatic ring is 1. The zero-order valence-electron chi connectivity index (χ0n) is 13.2. The molecule has 21 heavy (non-hydrogen) atoms. The Balaban J connectivity index is 1.80. The van der Waals surface area contributed by atoms with Gasteiger partial charge in [0.1, 0.15) is 0 Å². The first-order valence-electron chi connectivity index (χ1n) is 7.93. The highest BCUT2D eigenvalue weighted by Gasteiger charge is 2.15. The Morgan fingerprint density at radius 2 is 2.05 bits per heavy atom. The van der Waals surface area contributed by atoms with Crippen LogP contribution in [-0.4, -0.2) is 37.0 Å². The molecule has 2 rings (SSSR count). The number of nitrogens with two attached hydrogens (primary N) is 1. The third-order valence-corrected chi connectivity index (χ3v) is 4.12. The molecule has 1 saturated heterocycles. The van der Waals surface area contributed by atoms with Gasteiger partial charge in [0.2, 0.25) is 0 Å². The molecule has 1 atom stereocenters. The van der Waals surface area contributed by atoms with E-state index < -0.39 is 0 Å². The molecule has 1 fully saturated rings. The Hall–Kier alpha value is -1.55. The second-order valence-corrected chi connectivity index (χ2v) is 6.25.